The maximum Gasteiger partial charge on any atom is 0.416 e. The van der Waals surface area contributed by atoms with E-state index in [9.17, 15) is 37.5 Å². The van der Waals surface area contributed by atoms with Gasteiger partial charge in [0.1, 0.15) is 11.8 Å². The summed E-state index contributed by atoms with van der Waals surface area (Å²) >= 11 is 1.79. The molecule has 198 valence electrons. The van der Waals surface area contributed by atoms with Crippen molar-refractivity contribution < 1.29 is 37.4 Å². The number of ether oxygens (including phenoxy) is 1. The number of rotatable bonds is 5. The lowest BCUT2D eigenvalue weighted by molar-refractivity contribution is -0.137. The number of aromatic nitrogens is 1. The van der Waals surface area contributed by atoms with Gasteiger partial charge < -0.3 is 15.2 Å². The highest BCUT2D eigenvalue weighted by Crippen LogP contribution is 2.52. The lowest BCUT2D eigenvalue weighted by Crippen LogP contribution is -2.32. The first-order valence-corrected chi connectivity index (χ1v) is 12.8. The van der Waals surface area contributed by atoms with E-state index in [2.05, 4.69) is 10.6 Å². The molecule has 3 N–H and O–H groups in total. The van der Waals surface area contributed by atoms with E-state index in [1.807, 2.05) is 0 Å². The molecule has 2 aliphatic heterocycles. The fourth-order valence-corrected chi connectivity index (χ4v) is 7.28. The Hall–Kier alpha value is -3.78. The Balaban J connectivity index is 1.51. The van der Waals surface area contributed by atoms with Crippen LogP contribution in [0.25, 0.3) is 0 Å². The summed E-state index contributed by atoms with van der Waals surface area (Å²) < 4.78 is 45.4. The van der Waals surface area contributed by atoms with Crippen molar-refractivity contribution in [2.45, 2.75) is 28.9 Å². The summed E-state index contributed by atoms with van der Waals surface area (Å²) in [7, 11) is 1.35. The van der Waals surface area contributed by atoms with Crippen LogP contribution in [0, 0.1) is 5.92 Å². The third-order valence-corrected chi connectivity index (χ3v) is 8.84. The molecular formula is C24H18F3N3O6S2. The molecule has 0 aliphatic carbocycles. The van der Waals surface area contributed by atoms with Crippen molar-refractivity contribution in [3.8, 4) is 11.5 Å². The fraction of sp³-hybridized carbons (Fsp3) is 0.250. The van der Waals surface area contributed by atoms with Gasteiger partial charge in [0.05, 0.1) is 23.6 Å². The van der Waals surface area contributed by atoms with Crippen LogP contribution in [0.5, 0.6) is 11.5 Å². The highest BCUT2D eigenvalue weighted by molar-refractivity contribution is 8.00. The summed E-state index contributed by atoms with van der Waals surface area (Å²) in [5.74, 6) is -3.39. The number of hydrogen-bond donors (Lipinski definition) is 3. The average molecular weight is 566 g/mol. The molecule has 3 aromatic rings. The topological polar surface area (TPSA) is 127 Å². The van der Waals surface area contributed by atoms with Gasteiger partial charge in [-0.25, -0.2) is 0 Å². The molecular weight excluding hydrogens is 547 g/mol. The first-order chi connectivity index (χ1) is 18.0. The standard InChI is InChI=1S/C24H18F3N3O6S2/c1-36-14-7-10(5-6-13(14)31)16-17-18(21(34)29-20(17)33)37-22-19(16)38-23(35)30(22)9-15(32)28-12-4-2-3-11(8-12)24(25,26)27/h2-8,16-18,31H,9H2,1H3,(H,28,32)(H,29,33,34)/t16-,17+,18-/m0/s1. The van der Waals surface area contributed by atoms with Gasteiger partial charge in [-0.3, -0.25) is 29.1 Å². The highest BCUT2D eigenvalue weighted by atomic mass is 32.2. The molecule has 14 heteroatoms. The number of thiazole rings is 1. The number of alkyl halides is 3. The molecule has 38 heavy (non-hydrogen) atoms. The molecule has 1 saturated heterocycles. The highest BCUT2D eigenvalue weighted by Gasteiger charge is 2.53. The molecule has 0 unspecified atom stereocenters. The van der Waals surface area contributed by atoms with Gasteiger partial charge in [-0.2, -0.15) is 13.2 Å². The molecule has 2 aromatic carbocycles. The van der Waals surface area contributed by atoms with E-state index in [1.54, 1.807) is 6.07 Å². The van der Waals surface area contributed by atoms with Gasteiger partial charge in [0.15, 0.2) is 11.5 Å². The van der Waals surface area contributed by atoms with Crippen molar-refractivity contribution in [2.24, 2.45) is 5.92 Å². The first kappa shape index (κ1) is 25.9. The van der Waals surface area contributed by atoms with Gasteiger partial charge in [-0.05, 0) is 35.9 Å². The molecule has 9 nitrogen and oxygen atoms in total. The Morgan fingerprint density at radius 2 is 1.92 bits per heavy atom. The molecule has 0 bridgehead atoms. The predicted octanol–water partition coefficient (Wildman–Crippen LogP) is 3.16. The summed E-state index contributed by atoms with van der Waals surface area (Å²) in [6.07, 6.45) is -4.59. The molecule has 0 spiro atoms. The van der Waals surface area contributed by atoms with Crippen LogP contribution in [0.2, 0.25) is 0 Å². The van der Waals surface area contributed by atoms with Gasteiger partial charge >= 0.3 is 11.0 Å². The molecule has 1 fully saturated rings. The van der Waals surface area contributed by atoms with Crippen LogP contribution in [0.15, 0.2) is 52.3 Å². The molecule has 0 radical (unpaired) electrons. The molecule has 3 heterocycles. The van der Waals surface area contributed by atoms with Crippen molar-refractivity contribution >= 4 is 46.5 Å². The van der Waals surface area contributed by atoms with Crippen LogP contribution in [-0.2, 0) is 27.1 Å². The molecule has 1 aromatic heterocycles. The van der Waals surface area contributed by atoms with Crippen molar-refractivity contribution in [3.63, 3.8) is 0 Å². The minimum Gasteiger partial charge on any atom is -0.504 e. The summed E-state index contributed by atoms with van der Waals surface area (Å²) in [4.78, 5) is 51.0. The van der Waals surface area contributed by atoms with E-state index >= 15 is 0 Å². The number of nitrogens with zero attached hydrogens (tertiary/aromatic N) is 1. The van der Waals surface area contributed by atoms with Crippen LogP contribution in [0.4, 0.5) is 18.9 Å². The van der Waals surface area contributed by atoms with Crippen molar-refractivity contribution in [1.82, 2.24) is 9.88 Å². The summed E-state index contributed by atoms with van der Waals surface area (Å²) in [6, 6.07) is 8.55. The molecule has 0 saturated carbocycles. The van der Waals surface area contributed by atoms with Gasteiger partial charge in [-0.1, -0.05) is 35.2 Å². The number of hydrogen-bond acceptors (Lipinski definition) is 8. The number of imide groups is 1. The Kier molecular flexibility index (Phi) is 6.47. The number of methoxy groups -OCH3 is 1. The second-order valence-corrected chi connectivity index (χ2v) is 10.7. The van der Waals surface area contributed by atoms with Crippen LogP contribution < -0.4 is 20.2 Å². The monoisotopic (exact) mass is 565 g/mol. The van der Waals surface area contributed by atoms with E-state index in [1.165, 1.54) is 25.3 Å². The number of carbonyl (C=O) groups excluding carboxylic acids is 3. The van der Waals surface area contributed by atoms with Gasteiger partial charge in [-0.15, -0.1) is 0 Å². The number of aromatic hydroxyl groups is 1. The van der Waals surface area contributed by atoms with Gasteiger partial charge in [0, 0.05) is 16.5 Å². The summed E-state index contributed by atoms with van der Waals surface area (Å²) in [5.41, 5.74) is -0.515. The first-order valence-electron chi connectivity index (χ1n) is 11.1. The maximum atomic E-state index is 13.0. The lowest BCUT2D eigenvalue weighted by atomic mass is 9.83. The number of benzene rings is 2. The zero-order valence-electron chi connectivity index (χ0n) is 19.4. The number of phenols is 1. The number of thioether (sulfide) groups is 1. The second kappa shape index (κ2) is 9.51. The second-order valence-electron chi connectivity index (χ2n) is 8.58. The van der Waals surface area contributed by atoms with E-state index in [0.29, 0.717) is 15.5 Å². The summed E-state index contributed by atoms with van der Waals surface area (Å²) in [6.45, 7) is -0.521. The average Bonchev–Trinajstić information content (AvgIpc) is 3.32. The Morgan fingerprint density at radius 1 is 1.16 bits per heavy atom. The smallest absolute Gasteiger partial charge is 0.416 e. The summed E-state index contributed by atoms with van der Waals surface area (Å²) in [5, 5.41) is 14.1. The number of anilines is 1. The third kappa shape index (κ3) is 4.53. The Morgan fingerprint density at radius 3 is 2.63 bits per heavy atom. The fourth-order valence-electron chi connectivity index (χ4n) is 4.54. The largest absolute Gasteiger partial charge is 0.504 e. The van der Waals surface area contributed by atoms with Crippen molar-refractivity contribution in [2.75, 3.05) is 12.4 Å². The van der Waals surface area contributed by atoms with E-state index in [-0.39, 0.29) is 17.2 Å². The van der Waals surface area contributed by atoms with Crippen LogP contribution in [0.1, 0.15) is 21.9 Å². The number of phenolic OH excluding ortho intramolecular Hbond substituents is 1. The number of halogens is 3. The SMILES string of the molecule is COc1cc([C@@H]2c3sc(=O)n(CC(=O)Nc4cccc(C(F)(F)F)c4)c3S[C@@H]3C(=O)NC(=O)[C@H]23)ccc1O. The van der Waals surface area contributed by atoms with Gasteiger partial charge in [0.2, 0.25) is 17.7 Å². The molecule has 5 rings (SSSR count). The maximum absolute atomic E-state index is 13.0. The van der Waals surface area contributed by atoms with Crippen molar-refractivity contribution in [3.05, 3.63) is 68.1 Å². The molecule has 3 amide bonds. The zero-order valence-corrected chi connectivity index (χ0v) is 21.0. The number of amides is 3. The molecule has 2 aliphatic rings. The lowest BCUT2D eigenvalue weighted by Gasteiger charge is -2.31. The zero-order chi connectivity index (χ0) is 27.4. The van der Waals surface area contributed by atoms with Crippen LogP contribution >= 0.6 is 23.1 Å². The molecule has 3 atom stereocenters. The normalized spacial score (nSPS) is 20.5. The van der Waals surface area contributed by atoms with E-state index < -0.39 is 58.0 Å². The predicted molar refractivity (Wildman–Crippen MR) is 131 cm³/mol. The number of nitrogens with one attached hydrogen (secondary N) is 2. The Labute approximate surface area is 220 Å². The van der Waals surface area contributed by atoms with E-state index in [4.69, 9.17) is 4.74 Å². The third-order valence-electron chi connectivity index (χ3n) is 6.23. The minimum absolute atomic E-state index is 0.0930. The van der Waals surface area contributed by atoms with Crippen LogP contribution in [0.3, 0.4) is 0 Å². The quantitative estimate of drug-likeness (QED) is 0.406. The van der Waals surface area contributed by atoms with Crippen molar-refractivity contribution in [1.29, 1.82) is 0 Å². The Bertz CT molecular complexity index is 1530. The van der Waals surface area contributed by atoms with Gasteiger partial charge in [0.25, 0.3) is 0 Å². The minimum atomic E-state index is -4.59. The van der Waals surface area contributed by atoms with E-state index in [0.717, 1.165) is 45.9 Å². The number of fused-ring (bicyclic) bond motifs is 2. The number of carbonyl (C=O) groups is 3. The van der Waals surface area contributed by atoms with Crippen LogP contribution in [-0.4, -0.2) is 39.8 Å².